The Morgan fingerprint density at radius 2 is 1.76 bits per heavy atom. The lowest BCUT2D eigenvalue weighted by Crippen LogP contribution is -2.41. The van der Waals surface area contributed by atoms with Crippen molar-refractivity contribution in [3.05, 3.63) is 0 Å². The molecular formula is C13H30N4. The van der Waals surface area contributed by atoms with E-state index in [9.17, 15) is 0 Å². The lowest BCUT2D eigenvalue weighted by molar-refractivity contribution is 0.308. The maximum absolute atomic E-state index is 4.53. The van der Waals surface area contributed by atoms with Crippen LogP contribution >= 0.6 is 0 Å². The molecule has 0 spiro atoms. The van der Waals surface area contributed by atoms with Crippen LogP contribution in [0.4, 0.5) is 0 Å². The Morgan fingerprint density at radius 3 is 2.29 bits per heavy atom. The number of unbranched alkanes of at least 4 members (excludes halogenated alkanes) is 1. The molecule has 0 fully saturated rings. The van der Waals surface area contributed by atoms with E-state index in [4.69, 9.17) is 0 Å². The number of hydrogen-bond donors (Lipinski definition) is 2. The summed E-state index contributed by atoms with van der Waals surface area (Å²) in [5, 5.41) is 6.65. The Labute approximate surface area is 107 Å². The van der Waals surface area contributed by atoms with Crippen molar-refractivity contribution < 1.29 is 0 Å². The van der Waals surface area contributed by atoms with Crippen LogP contribution in [0, 0.1) is 0 Å². The lowest BCUT2D eigenvalue weighted by atomic mass is 10.3. The minimum absolute atomic E-state index is 0.914. The number of nitrogens with zero attached hydrogens (tertiary/aromatic N) is 2. The Balaban J connectivity index is 3.86. The average molecular weight is 242 g/mol. The summed E-state index contributed by atoms with van der Waals surface area (Å²) in [6.07, 6.45) is 2.36. The van der Waals surface area contributed by atoms with E-state index in [2.05, 4.69) is 48.2 Å². The number of hydrogen-bond acceptors (Lipinski definition) is 2. The average Bonchev–Trinajstić information content (AvgIpc) is 2.35. The molecule has 0 amide bonds. The first-order valence-corrected chi connectivity index (χ1v) is 7.02. The van der Waals surface area contributed by atoms with Gasteiger partial charge in [-0.1, -0.05) is 27.2 Å². The van der Waals surface area contributed by atoms with Gasteiger partial charge in [0.2, 0.25) is 0 Å². The van der Waals surface area contributed by atoms with E-state index in [1.54, 1.807) is 0 Å². The van der Waals surface area contributed by atoms with Crippen LogP contribution < -0.4 is 10.6 Å². The number of aliphatic imine (C=N–C) groups is 1. The maximum Gasteiger partial charge on any atom is 0.191 e. The van der Waals surface area contributed by atoms with Gasteiger partial charge in [-0.3, -0.25) is 4.99 Å². The molecule has 0 bridgehead atoms. The third kappa shape index (κ3) is 8.98. The monoisotopic (exact) mass is 242 g/mol. The zero-order valence-corrected chi connectivity index (χ0v) is 12.1. The van der Waals surface area contributed by atoms with Crippen LogP contribution in [0.2, 0.25) is 0 Å². The van der Waals surface area contributed by atoms with Gasteiger partial charge in [-0.15, -0.1) is 0 Å². The van der Waals surface area contributed by atoms with Gasteiger partial charge in [0.05, 0.1) is 0 Å². The highest BCUT2D eigenvalue weighted by atomic mass is 15.2. The van der Waals surface area contributed by atoms with Crippen molar-refractivity contribution in [2.45, 2.75) is 40.5 Å². The molecule has 0 aromatic carbocycles. The second-order valence-electron chi connectivity index (χ2n) is 4.07. The topological polar surface area (TPSA) is 39.7 Å². The van der Waals surface area contributed by atoms with E-state index >= 15 is 0 Å². The highest BCUT2D eigenvalue weighted by molar-refractivity contribution is 5.79. The van der Waals surface area contributed by atoms with Gasteiger partial charge in [0.15, 0.2) is 5.96 Å². The number of guanidine groups is 1. The van der Waals surface area contributed by atoms with Gasteiger partial charge in [0, 0.05) is 26.2 Å². The van der Waals surface area contributed by atoms with Crippen molar-refractivity contribution in [1.82, 2.24) is 15.5 Å². The largest absolute Gasteiger partial charge is 0.357 e. The molecule has 0 radical (unpaired) electrons. The Hall–Kier alpha value is -0.770. The molecular weight excluding hydrogens is 212 g/mol. The molecule has 0 unspecified atom stereocenters. The highest BCUT2D eigenvalue weighted by Crippen LogP contribution is 1.87. The summed E-state index contributed by atoms with van der Waals surface area (Å²) in [6, 6.07) is 0. The van der Waals surface area contributed by atoms with Crippen molar-refractivity contribution in [3.8, 4) is 0 Å². The van der Waals surface area contributed by atoms with Crippen molar-refractivity contribution in [1.29, 1.82) is 0 Å². The standard InChI is InChI=1S/C13H30N4/c1-5-9-10-15-13(14-6-2)16-11-12-17(7-3)8-4/h5-12H2,1-4H3,(H2,14,15,16). The first-order valence-electron chi connectivity index (χ1n) is 7.02. The zero-order valence-electron chi connectivity index (χ0n) is 12.1. The van der Waals surface area contributed by atoms with Gasteiger partial charge in [-0.05, 0) is 26.4 Å². The van der Waals surface area contributed by atoms with Crippen LogP contribution in [0.1, 0.15) is 40.5 Å². The van der Waals surface area contributed by atoms with Crippen molar-refractivity contribution >= 4 is 5.96 Å². The fraction of sp³-hybridized carbons (Fsp3) is 0.923. The fourth-order valence-electron chi connectivity index (χ4n) is 1.56. The van der Waals surface area contributed by atoms with Crippen LogP contribution in [0.3, 0.4) is 0 Å². The molecule has 0 saturated heterocycles. The van der Waals surface area contributed by atoms with Gasteiger partial charge >= 0.3 is 0 Å². The molecule has 102 valence electrons. The maximum atomic E-state index is 4.53. The van der Waals surface area contributed by atoms with Gasteiger partial charge in [0.25, 0.3) is 0 Å². The van der Waals surface area contributed by atoms with Crippen LogP contribution in [-0.4, -0.2) is 50.1 Å². The molecule has 2 N–H and O–H groups in total. The summed E-state index contributed by atoms with van der Waals surface area (Å²) >= 11 is 0. The minimum atomic E-state index is 0.914. The van der Waals surface area contributed by atoms with Gasteiger partial charge < -0.3 is 15.5 Å². The molecule has 17 heavy (non-hydrogen) atoms. The fourth-order valence-corrected chi connectivity index (χ4v) is 1.56. The summed E-state index contributed by atoms with van der Waals surface area (Å²) in [5.74, 6) is 0.952. The molecule has 0 rings (SSSR count). The summed E-state index contributed by atoms with van der Waals surface area (Å²) < 4.78 is 0. The Kier molecular flexibility index (Phi) is 11.2. The number of rotatable bonds is 9. The van der Waals surface area contributed by atoms with Crippen molar-refractivity contribution in [2.24, 2.45) is 4.99 Å². The van der Waals surface area contributed by atoms with E-state index in [-0.39, 0.29) is 0 Å². The summed E-state index contributed by atoms with van der Waals surface area (Å²) in [7, 11) is 0. The molecule has 0 aromatic heterocycles. The molecule has 4 nitrogen and oxygen atoms in total. The summed E-state index contributed by atoms with van der Waals surface area (Å²) in [4.78, 5) is 6.93. The van der Waals surface area contributed by atoms with Gasteiger partial charge in [-0.2, -0.15) is 0 Å². The quantitative estimate of drug-likeness (QED) is 0.367. The number of nitrogens with one attached hydrogen (secondary N) is 2. The van der Waals surface area contributed by atoms with Crippen LogP contribution in [0.5, 0.6) is 0 Å². The first-order chi connectivity index (χ1) is 8.28. The Morgan fingerprint density at radius 1 is 1.06 bits per heavy atom. The normalized spacial score (nSPS) is 11.9. The molecule has 0 heterocycles. The van der Waals surface area contributed by atoms with Gasteiger partial charge in [-0.25, -0.2) is 0 Å². The first kappa shape index (κ1) is 16.2. The number of likely N-dealkylation sites (N-methyl/N-ethyl adjacent to an activating group) is 1. The predicted molar refractivity (Wildman–Crippen MR) is 76.7 cm³/mol. The SMILES string of the molecule is CCCCN=C(NCC)NCCN(CC)CC. The molecule has 0 aromatic rings. The molecule has 0 atom stereocenters. The van der Waals surface area contributed by atoms with E-state index in [0.717, 1.165) is 51.6 Å². The lowest BCUT2D eigenvalue weighted by Gasteiger charge is -2.19. The molecule has 4 heteroatoms. The molecule has 0 saturated carbocycles. The summed E-state index contributed by atoms with van der Waals surface area (Å²) in [6.45, 7) is 14.8. The Bertz CT molecular complexity index is 188. The molecule has 0 aliphatic heterocycles. The zero-order chi connectivity index (χ0) is 12.9. The minimum Gasteiger partial charge on any atom is -0.357 e. The smallest absolute Gasteiger partial charge is 0.191 e. The van der Waals surface area contributed by atoms with Crippen molar-refractivity contribution in [2.75, 3.05) is 39.3 Å². The highest BCUT2D eigenvalue weighted by Gasteiger charge is 2.00. The van der Waals surface area contributed by atoms with Gasteiger partial charge in [0.1, 0.15) is 0 Å². The van der Waals surface area contributed by atoms with Crippen molar-refractivity contribution in [3.63, 3.8) is 0 Å². The van der Waals surface area contributed by atoms with Crippen LogP contribution in [0.15, 0.2) is 4.99 Å². The second kappa shape index (κ2) is 11.7. The molecule has 0 aliphatic rings. The van der Waals surface area contributed by atoms with E-state index in [1.807, 2.05) is 0 Å². The van der Waals surface area contributed by atoms with E-state index in [1.165, 1.54) is 6.42 Å². The summed E-state index contributed by atoms with van der Waals surface area (Å²) in [5.41, 5.74) is 0. The van der Waals surface area contributed by atoms with Crippen LogP contribution in [-0.2, 0) is 0 Å². The third-order valence-electron chi connectivity index (χ3n) is 2.74. The van der Waals surface area contributed by atoms with E-state index in [0.29, 0.717) is 0 Å². The molecule has 0 aliphatic carbocycles. The predicted octanol–water partition coefficient (Wildman–Crippen LogP) is 1.68. The second-order valence-corrected chi connectivity index (χ2v) is 4.07. The van der Waals surface area contributed by atoms with E-state index < -0.39 is 0 Å². The third-order valence-corrected chi connectivity index (χ3v) is 2.74. The van der Waals surface area contributed by atoms with Crippen LogP contribution in [0.25, 0.3) is 0 Å².